The zero-order valence-electron chi connectivity index (χ0n) is 12.0. The van der Waals surface area contributed by atoms with Crippen molar-refractivity contribution in [2.75, 3.05) is 0 Å². The fraction of sp³-hybridized carbons (Fsp3) is 0.667. The van der Waals surface area contributed by atoms with E-state index in [1.54, 1.807) is 0 Å². The van der Waals surface area contributed by atoms with Crippen molar-refractivity contribution in [3.05, 3.63) is 34.9 Å². The van der Waals surface area contributed by atoms with E-state index in [-0.39, 0.29) is 0 Å². The van der Waals surface area contributed by atoms with Gasteiger partial charge in [-0.15, -0.1) is 11.6 Å². The van der Waals surface area contributed by atoms with Gasteiger partial charge in [0.15, 0.2) is 0 Å². The van der Waals surface area contributed by atoms with E-state index < -0.39 is 0 Å². The van der Waals surface area contributed by atoms with Crippen LogP contribution in [0.25, 0.3) is 0 Å². The minimum absolute atomic E-state index is 0.291. The van der Waals surface area contributed by atoms with Gasteiger partial charge in [-0.3, -0.25) is 0 Å². The molecule has 0 bridgehead atoms. The maximum Gasteiger partial charge on any atom is 0.0406 e. The molecule has 2 fully saturated rings. The second-order valence-corrected chi connectivity index (χ2v) is 7.72. The molecule has 2 heteroatoms. The van der Waals surface area contributed by atoms with Crippen molar-refractivity contribution >= 4 is 23.2 Å². The monoisotopic (exact) mass is 310 g/mol. The summed E-state index contributed by atoms with van der Waals surface area (Å²) in [7, 11) is 0. The minimum Gasteiger partial charge on any atom is -0.122 e. The van der Waals surface area contributed by atoms with Gasteiger partial charge in [-0.2, -0.15) is 0 Å². The summed E-state index contributed by atoms with van der Waals surface area (Å²) >= 11 is 12.7. The third-order valence-electron chi connectivity index (χ3n) is 5.44. The zero-order valence-corrected chi connectivity index (χ0v) is 13.5. The molecule has 0 aromatic heterocycles. The summed E-state index contributed by atoms with van der Waals surface area (Å²) in [6, 6.07) is 8.17. The lowest BCUT2D eigenvalue weighted by Gasteiger charge is -2.40. The zero-order chi connectivity index (χ0) is 13.9. The highest BCUT2D eigenvalue weighted by atomic mass is 35.5. The van der Waals surface area contributed by atoms with Crippen LogP contribution < -0.4 is 0 Å². The van der Waals surface area contributed by atoms with Crippen LogP contribution in [0.15, 0.2) is 24.3 Å². The maximum absolute atomic E-state index is 6.73. The van der Waals surface area contributed by atoms with Crippen molar-refractivity contribution in [3.8, 4) is 0 Å². The van der Waals surface area contributed by atoms with Crippen molar-refractivity contribution < 1.29 is 0 Å². The fourth-order valence-corrected chi connectivity index (χ4v) is 4.78. The first-order valence-electron chi connectivity index (χ1n) is 8.11. The quantitative estimate of drug-likeness (QED) is 0.592. The van der Waals surface area contributed by atoms with Gasteiger partial charge in [-0.25, -0.2) is 0 Å². The summed E-state index contributed by atoms with van der Waals surface area (Å²) in [5.74, 6) is 2.69. The molecule has 2 aliphatic carbocycles. The van der Waals surface area contributed by atoms with Crippen LogP contribution in [0, 0.1) is 17.8 Å². The van der Waals surface area contributed by atoms with E-state index in [4.69, 9.17) is 23.2 Å². The minimum atomic E-state index is 0.291. The van der Waals surface area contributed by atoms with Gasteiger partial charge >= 0.3 is 0 Å². The Kier molecular flexibility index (Phi) is 4.94. The summed E-state index contributed by atoms with van der Waals surface area (Å²) < 4.78 is 0. The summed E-state index contributed by atoms with van der Waals surface area (Å²) in [4.78, 5) is 0. The lowest BCUT2D eigenvalue weighted by molar-refractivity contribution is 0.127. The van der Waals surface area contributed by atoms with E-state index in [9.17, 15) is 0 Å². The number of hydrogen-bond acceptors (Lipinski definition) is 0. The normalized spacial score (nSPS) is 31.6. The van der Waals surface area contributed by atoms with Crippen molar-refractivity contribution in [1.29, 1.82) is 0 Å². The van der Waals surface area contributed by atoms with Crippen LogP contribution in [0.4, 0.5) is 0 Å². The van der Waals surface area contributed by atoms with Crippen LogP contribution in [-0.2, 0) is 6.42 Å². The largest absolute Gasteiger partial charge is 0.122 e. The summed E-state index contributed by atoms with van der Waals surface area (Å²) in [6.45, 7) is 0. The van der Waals surface area contributed by atoms with Crippen LogP contribution in [0.1, 0.15) is 50.5 Å². The molecule has 2 saturated carbocycles. The Morgan fingerprint density at radius 3 is 2.40 bits per heavy atom. The Hall–Kier alpha value is -0.200. The highest BCUT2D eigenvalue weighted by molar-refractivity contribution is 6.30. The Labute approximate surface area is 132 Å². The van der Waals surface area contributed by atoms with Gasteiger partial charge in [0, 0.05) is 10.4 Å². The summed E-state index contributed by atoms with van der Waals surface area (Å²) in [5, 5.41) is 1.10. The predicted octanol–water partition coefficient (Wildman–Crippen LogP) is 6.10. The Morgan fingerprint density at radius 2 is 1.65 bits per heavy atom. The summed E-state index contributed by atoms with van der Waals surface area (Å²) in [6.07, 6.45) is 10.9. The topological polar surface area (TPSA) is 0 Å². The molecule has 2 aliphatic rings. The molecule has 0 N–H and O–H groups in total. The number of halogens is 2. The third-order valence-corrected chi connectivity index (χ3v) is 6.20. The van der Waals surface area contributed by atoms with E-state index in [0.717, 1.165) is 23.3 Å². The highest BCUT2D eigenvalue weighted by Crippen LogP contribution is 2.44. The van der Waals surface area contributed by atoms with E-state index in [1.807, 2.05) is 12.1 Å². The number of rotatable bonds is 3. The molecular formula is C18H24Cl2. The van der Waals surface area contributed by atoms with Gasteiger partial charge in [0.25, 0.3) is 0 Å². The molecule has 0 nitrogen and oxygen atoms in total. The molecule has 1 aromatic rings. The Balaban J connectivity index is 1.57. The molecule has 20 heavy (non-hydrogen) atoms. The Bertz CT molecular complexity index is 426. The maximum atomic E-state index is 6.73. The smallest absolute Gasteiger partial charge is 0.0406 e. The number of hydrogen-bond donors (Lipinski definition) is 0. The second kappa shape index (κ2) is 6.71. The van der Waals surface area contributed by atoms with Crippen molar-refractivity contribution in [2.45, 2.75) is 56.7 Å². The van der Waals surface area contributed by atoms with Gasteiger partial charge in [0.1, 0.15) is 0 Å². The first-order valence-corrected chi connectivity index (χ1v) is 8.92. The standard InChI is InChI=1S/C18H24Cl2/c19-17-9-5-13(6-10-17)11-18(20)16-8-7-14-3-1-2-4-15(14)12-16/h5-6,9-10,14-16,18H,1-4,7-8,11-12H2. The molecule has 0 aliphatic heterocycles. The average Bonchev–Trinajstić information content (AvgIpc) is 2.49. The molecular weight excluding hydrogens is 287 g/mol. The molecule has 3 rings (SSSR count). The van der Waals surface area contributed by atoms with Crippen molar-refractivity contribution in [3.63, 3.8) is 0 Å². The number of alkyl halides is 1. The average molecular weight is 311 g/mol. The van der Waals surface area contributed by atoms with E-state index in [2.05, 4.69) is 12.1 Å². The first-order chi connectivity index (χ1) is 9.72. The number of benzene rings is 1. The molecule has 1 aromatic carbocycles. The second-order valence-electron chi connectivity index (χ2n) is 6.72. The number of fused-ring (bicyclic) bond motifs is 1. The molecule has 0 radical (unpaired) electrons. The molecule has 4 unspecified atom stereocenters. The Morgan fingerprint density at radius 1 is 0.950 bits per heavy atom. The fourth-order valence-electron chi connectivity index (χ4n) is 4.25. The van der Waals surface area contributed by atoms with Gasteiger partial charge in [-0.1, -0.05) is 49.4 Å². The molecule has 0 saturated heterocycles. The molecule has 110 valence electrons. The van der Waals surface area contributed by atoms with Crippen molar-refractivity contribution in [2.24, 2.45) is 17.8 Å². The SMILES string of the molecule is Clc1ccc(CC(Cl)C2CCC3CCCCC3C2)cc1. The van der Waals surface area contributed by atoms with Gasteiger partial charge in [-0.05, 0) is 61.1 Å². The van der Waals surface area contributed by atoms with Gasteiger partial charge < -0.3 is 0 Å². The lowest BCUT2D eigenvalue weighted by atomic mass is 9.66. The molecule has 0 heterocycles. The molecule has 4 atom stereocenters. The highest BCUT2D eigenvalue weighted by Gasteiger charge is 2.34. The van der Waals surface area contributed by atoms with Crippen LogP contribution in [0.5, 0.6) is 0 Å². The van der Waals surface area contributed by atoms with Crippen LogP contribution >= 0.6 is 23.2 Å². The molecule has 0 amide bonds. The first kappa shape index (κ1) is 14.7. The van der Waals surface area contributed by atoms with E-state index >= 15 is 0 Å². The summed E-state index contributed by atoms with van der Waals surface area (Å²) in [5.41, 5.74) is 1.32. The van der Waals surface area contributed by atoms with E-state index in [1.165, 1.54) is 50.5 Å². The third kappa shape index (κ3) is 3.52. The lowest BCUT2D eigenvalue weighted by Crippen LogP contribution is -2.32. The van der Waals surface area contributed by atoms with Crippen LogP contribution in [0.3, 0.4) is 0 Å². The van der Waals surface area contributed by atoms with E-state index in [0.29, 0.717) is 11.3 Å². The van der Waals surface area contributed by atoms with Gasteiger partial charge in [0.05, 0.1) is 0 Å². The van der Waals surface area contributed by atoms with Gasteiger partial charge in [0.2, 0.25) is 0 Å². The predicted molar refractivity (Wildman–Crippen MR) is 87.6 cm³/mol. The van der Waals surface area contributed by atoms with Crippen LogP contribution in [0.2, 0.25) is 5.02 Å². The van der Waals surface area contributed by atoms with Crippen LogP contribution in [-0.4, -0.2) is 5.38 Å². The molecule has 0 spiro atoms. The van der Waals surface area contributed by atoms with Crippen molar-refractivity contribution in [1.82, 2.24) is 0 Å².